The van der Waals surface area contributed by atoms with Crippen LogP contribution in [0.4, 0.5) is 5.82 Å². The summed E-state index contributed by atoms with van der Waals surface area (Å²) in [6.45, 7) is 2.07. The lowest BCUT2D eigenvalue weighted by atomic mass is 10.1. The molecule has 1 aliphatic heterocycles. The van der Waals surface area contributed by atoms with Crippen molar-refractivity contribution in [2.24, 2.45) is 0 Å². The Labute approximate surface area is 190 Å². The Morgan fingerprint density at radius 3 is 2.84 bits per heavy atom. The van der Waals surface area contributed by atoms with E-state index in [1.165, 1.54) is 22.2 Å². The Morgan fingerprint density at radius 1 is 1.31 bits per heavy atom. The number of aliphatic hydroxyl groups excluding tert-OH is 2. The quantitative estimate of drug-likeness (QED) is 0.230. The second-order valence-electron chi connectivity index (χ2n) is 6.92. The van der Waals surface area contributed by atoms with Crippen molar-refractivity contribution in [3.63, 3.8) is 0 Å². The molecule has 1 saturated heterocycles. The van der Waals surface area contributed by atoms with E-state index in [-0.39, 0.29) is 34.6 Å². The van der Waals surface area contributed by atoms with Crippen molar-refractivity contribution >= 4 is 51.7 Å². The number of hydrogen-bond donors (Lipinski definition) is 5. The monoisotopic (exact) mass is 481 g/mol. The van der Waals surface area contributed by atoms with Gasteiger partial charge in [0.1, 0.15) is 12.2 Å². The molecule has 0 spiro atoms. The number of aliphatic hydroxyl groups is 2. The summed E-state index contributed by atoms with van der Waals surface area (Å²) >= 11 is 7.51. The number of hydrazine groups is 1. The second kappa shape index (κ2) is 9.34. The van der Waals surface area contributed by atoms with Crippen LogP contribution in [0.5, 0.6) is 0 Å². The van der Waals surface area contributed by atoms with E-state index in [2.05, 4.69) is 31.1 Å². The maximum atomic E-state index is 12.2. The Kier molecular flexibility index (Phi) is 6.53. The minimum Gasteiger partial charge on any atom is -0.387 e. The van der Waals surface area contributed by atoms with E-state index in [1.807, 2.05) is 17.5 Å². The molecule has 0 aliphatic carbocycles. The summed E-state index contributed by atoms with van der Waals surface area (Å²) in [5, 5.41) is 25.0. The molecule has 4 rings (SSSR count). The molecule has 0 bridgehead atoms. The van der Waals surface area contributed by atoms with Gasteiger partial charge in [-0.25, -0.2) is 4.98 Å². The van der Waals surface area contributed by atoms with Gasteiger partial charge in [0, 0.05) is 11.4 Å². The van der Waals surface area contributed by atoms with Crippen molar-refractivity contribution in [1.29, 1.82) is 0 Å². The molecule has 0 saturated carbocycles. The Morgan fingerprint density at radius 2 is 2.12 bits per heavy atom. The first-order valence-electron chi connectivity index (χ1n) is 9.65. The highest BCUT2D eigenvalue weighted by atomic mass is 35.5. The fourth-order valence-corrected chi connectivity index (χ4v) is 4.16. The summed E-state index contributed by atoms with van der Waals surface area (Å²) in [7, 11) is 0. The lowest BCUT2D eigenvalue weighted by Gasteiger charge is -2.16. The number of carbonyl (C=O) groups is 2. The van der Waals surface area contributed by atoms with E-state index in [1.54, 1.807) is 6.92 Å². The number of amides is 2. The number of anilines is 1. The Hall–Kier alpha value is -2.84. The molecule has 12 nitrogen and oxygen atoms in total. The minimum absolute atomic E-state index is 0.131. The van der Waals surface area contributed by atoms with Gasteiger partial charge in [-0.2, -0.15) is 9.97 Å². The van der Waals surface area contributed by atoms with Gasteiger partial charge in [0.2, 0.25) is 11.2 Å². The number of imidazole rings is 1. The van der Waals surface area contributed by atoms with Crippen LogP contribution in [0.3, 0.4) is 0 Å². The fourth-order valence-electron chi connectivity index (χ4n) is 3.29. The third-order valence-corrected chi connectivity index (χ3v) is 5.80. The highest BCUT2D eigenvalue weighted by Crippen LogP contribution is 2.33. The highest BCUT2D eigenvalue weighted by Gasteiger charge is 2.47. The zero-order valence-electron chi connectivity index (χ0n) is 16.7. The molecule has 32 heavy (non-hydrogen) atoms. The van der Waals surface area contributed by atoms with Gasteiger partial charge in [0.05, 0.1) is 12.7 Å². The Balaban J connectivity index is 1.55. The summed E-state index contributed by atoms with van der Waals surface area (Å²) < 4.78 is 6.95. The summed E-state index contributed by atoms with van der Waals surface area (Å²) in [5.74, 6) is -0.710. The van der Waals surface area contributed by atoms with Gasteiger partial charge in [0.25, 0.3) is 5.91 Å². The first kappa shape index (κ1) is 22.4. The van der Waals surface area contributed by atoms with E-state index in [0.717, 1.165) is 4.88 Å². The van der Waals surface area contributed by atoms with Crippen LogP contribution in [0.2, 0.25) is 5.28 Å². The number of halogens is 1. The van der Waals surface area contributed by atoms with Crippen LogP contribution in [0.1, 0.15) is 18.0 Å². The number of nitrogens with one attached hydrogen (secondary N) is 3. The molecule has 1 fully saturated rings. The average molecular weight is 482 g/mol. The predicted octanol–water partition coefficient (Wildman–Crippen LogP) is -0.0177. The molecule has 1 aliphatic rings. The maximum Gasteiger partial charge on any atom is 0.252 e. The second-order valence-corrected chi connectivity index (χ2v) is 8.29. The van der Waals surface area contributed by atoms with Crippen LogP contribution in [0, 0.1) is 0 Å². The first-order valence-corrected chi connectivity index (χ1v) is 10.9. The maximum absolute atomic E-state index is 12.2. The largest absolute Gasteiger partial charge is 0.387 e. The zero-order chi connectivity index (χ0) is 22.8. The SMILES string of the molecule is CCNC(=O)[C@H]1O[C@@H](n2cnc3c(NNC(=O)Cc4cccs4)nc(Cl)nc32)[C@H](O)[C@@H]1O. The van der Waals surface area contributed by atoms with Gasteiger partial charge < -0.3 is 20.3 Å². The summed E-state index contributed by atoms with van der Waals surface area (Å²) in [6, 6.07) is 3.70. The molecule has 14 heteroatoms. The van der Waals surface area contributed by atoms with Crippen LogP contribution >= 0.6 is 22.9 Å². The van der Waals surface area contributed by atoms with Crippen molar-refractivity contribution in [2.45, 2.75) is 37.9 Å². The topological polar surface area (TPSA) is 164 Å². The lowest BCUT2D eigenvalue weighted by molar-refractivity contribution is -0.137. The Bertz CT molecular complexity index is 1120. The molecule has 170 valence electrons. The van der Waals surface area contributed by atoms with E-state index in [9.17, 15) is 19.8 Å². The van der Waals surface area contributed by atoms with E-state index < -0.39 is 30.4 Å². The number of hydrogen-bond acceptors (Lipinski definition) is 10. The molecule has 0 unspecified atom stereocenters. The molecule has 3 aromatic rings. The normalized spacial score (nSPS) is 22.8. The molecular formula is C18H20ClN7O5S. The molecule has 0 aromatic carbocycles. The van der Waals surface area contributed by atoms with Crippen molar-refractivity contribution < 1.29 is 24.5 Å². The van der Waals surface area contributed by atoms with Crippen LogP contribution in [0.15, 0.2) is 23.8 Å². The number of ether oxygens (including phenoxy) is 1. The molecule has 3 aromatic heterocycles. The van der Waals surface area contributed by atoms with Crippen molar-refractivity contribution in [3.8, 4) is 0 Å². The summed E-state index contributed by atoms with van der Waals surface area (Å²) in [5.41, 5.74) is 5.63. The van der Waals surface area contributed by atoms with Crippen LogP contribution < -0.4 is 16.2 Å². The fraction of sp³-hybridized carbons (Fsp3) is 0.389. The number of carbonyl (C=O) groups excluding carboxylic acids is 2. The average Bonchev–Trinajstić information content (AvgIpc) is 3.47. The van der Waals surface area contributed by atoms with Crippen LogP contribution in [-0.4, -0.2) is 66.4 Å². The van der Waals surface area contributed by atoms with Crippen molar-refractivity contribution in [1.82, 2.24) is 30.3 Å². The highest BCUT2D eigenvalue weighted by molar-refractivity contribution is 7.10. The number of thiophene rings is 1. The summed E-state index contributed by atoms with van der Waals surface area (Å²) in [4.78, 5) is 37.6. The van der Waals surface area contributed by atoms with Crippen LogP contribution in [-0.2, 0) is 20.7 Å². The number of rotatable bonds is 7. The molecule has 4 atom stereocenters. The van der Waals surface area contributed by atoms with Gasteiger partial charge in [-0.05, 0) is 30.0 Å². The van der Waals surface area contributed by atoms with E-state index in [0.29, 0.717) is 6.54 Å². The van der Waals surface area contributed by atoms with Gasteiger partial charge in [0.15, 0.2) is 29.3 Å². The summed E-state index contributed by atoms with van der Waals surface area (Å²) in [6.07, 6.45) is -3.78. The van der Waals surface area contributed by atoms with Gasteiger partial charge in [-0.1, -0.05) is 6.07 Å². The predicted molar refractivity (Wildman–Crippen MR) is 115 cm³/mol. The first-order chi connectivity index (χ1) is 15.4. The van der Waals surface area contributed by atoms with Gasteiger partial charge >= 0.3 is 0 Å². The molecule has 4 heterocycles. The minimum atomic E-state index is -1.45. The third-order valence-electron chi connectivity index (χ3n) is 4.75. The lowest BCUT2D eigenvalue weighted by Crippen LogP contribution is -2.42. The van der Waals surface area contributed by atoms with Gasteiger partial charge in [-0.15, -0.1) is 11.3 Å². The van der Waals surface area contributed by atoms with Gasteiger partial charge in [-0.3, -0.25) is 25.0 Å². The van der Waals surface area contributed by atoms with Crippen molar-refractivity contribution in [2.75, 3.05) is 12.0 Å². The number of aromatic nitrogens is 4. The van der Waals surface area contributed by atoms with Crippen LogP contribution in [0.25, 0.3) is 11.2 Å². The van der Waals surface area contributed by atoms with Crippen molar-refractivity contribution in [3.05, 3.63) is 34.0 Å². The molecular weight excluding hydrogens is 462 g/mol. The van der Waals surface area contributed by atoms with E-state index >= 15 is 0 Å². The third kappa shape index (κ3) is 4.38. The van der Waals surface area contributed by atoms with E-state index in [4.69, 9.17) is 16.3 Å². The smallest absolute Gasteiger partial charge is 0.252 e. The zero-order valence-corrected chi connectivity index (χ0v) is 18.3. The standard InChI is InChI=1S/C18H20ClN7O5S/c1-2-20-16(30)13-11(28)12(29)17(31-13)26-7-21-10-14(22-18(19)23-15(10)26)25-24-9(27)6-8-4-3-5-32-8/h3-5,7,11-13,17,28-29H,2,6H2,1H3,(H,20,30)(H,24,27)(H,22,23,25)/t11-,12+,13-,17+/m0/s1. The number of fused-ring (bicyclic) bond motifs is 1. The number of nitrogens with zero attached hydrogens (tertiary/aromatic N) is 4. The molecule has 2 amide bonds. The molecule has 0 radical (unpaired) electrons. The number of likely N-dealkylation sites (N-methyl/N-ethyl adjacent to an activating group) is 1. The molecule has 5 N–H and O–H groups in total.